The molecule has 4 saturated carbocycles. The zero-order valence-corrected chi connectivity index (χ0v) is 19.4. The summed E-state index contributed by atoms with van der Waals surface area (Å²) in [6.07, 6.45) is 2.77. The lowest BCUT2D eigenvalue weighted by Crippen LogP contribution is -2.84. The molecular weight excluding hydrogens is 398 g/mol. The summed E-state index contributed by atoms with van der Waals surface area (Å²) >= 11 is 0. The molecule has 0 radical (unpaired) electrons. The molecule has 4 aliphatic carbocycles. The van der Waals surface area contributed by atoms with E-state index in [9.17, 15) is 15.0 Å². The second-order valence-electron chi connectivity index (χ2n) is 11.8. The van der Waals surface area contributed by atoms with Crippen LogP contribution in [-0.2, 0) is 19.0 Å². The smallest absolute Gasteiger partial charge is 0.341 e. The quantitative estimate of drug-likeness (QED) is 0.647. The summed E-state index contributed by atoms with van der Waals surface area (Å²) < 4.78 is 18.3. The number of fused-ring (bicyclic) bond motifs is 2. The van der Waals surface area contributed by atoms with Crippen LogP contribution in [0.5, 0.6) is 0 Å². The Bertz CT molecular complexity index is 837. The van der Waals surface area contributed by atoms with Crippen LogP contribution in [0.4, 0.5) is 0 Å². The summed E-state index contributed by atoms with van der Waals surface area (Å²) in [5, 5.41) is 24.9. The molecule has 7 rings (SSSR count). The van der Waals surface area contributed by atoms with Crippen molar-refractivity contribution in [2.24, 2.45) is 28.1 Å². The lowest BCUT2D eigenvalue weighted by molar-refractivity contribution is -0.332. The van der Waals surface area contributed by atoms with Crippen molar-refractivity contribution in [1.29, 1.82) is 0 Å². The Morgan fingerprint density at radius 2 is 1.90 bits per heavy atom. The van der Waals surface area contributed by atoms with Crippen molar-refractivity contribution in [3.8, 4) is 0 Å². The second-order valence-corrected chi connectivity index (χ2v) is 11.8. The number of carbonyl (C=O) groups is 1. The molecule has 0 aromatic rings. The van der Waals surface area contributed by atoms with Gasteiger partial charge in [-0.05, 0) is 44.1 Å². The molecule has 11 atom stereocenters. The summed E-state index contributed by atoms with van der Waals surface area (Å²) in [5.74, 6) is -0.961. The molecule has 31 heavy (non-hydrogen) atoms. The van der Waals surface area contributed by atoms with Gasteiger partial charge >= 0.3 is 5.97 Å². The highest BCUT2D eigenvalue weighted by Gasteiger charge is 2.92. The highest BCUT2D eigenvalue weighted by atomic mass is 16.6. The molecule has 7 fully saturated rings. The number of likely N-dealkylation sites (tertiary alicyclic amines) is 1. The molecule has 3 aliphatic heterocycles. The number of hydrogen-bond acceptors (Lipinski definition) is 7. The van der Waals surface area contributed by atoms with Gasteiger partial charge in [-0.25, -0.2) is 4.79 Å². The Morgan fingerprint density at radius 1 is 1.16 bits per heavy atom. The summed E-state index contributed by atoms with van der Waals surface area (Å²) in [4.78, 5) is 16.0. The van der Waals surface area contributed by atoms with E-state index in [1.54, 1.807) is 14.2 Å². The summed E-state index contributed by atoms with van der Waals surface area (Å²) in [6, 6.07) is -0.0294. The van der Waals surface area contributed by atoms with E-state index in [0.29, 0.717) is 19.3 Å². The van der Waals surface area contributed by atoms with Crippen LogP contribution < -0.4 is 0 Å². The van der Waals surface area contributed by atoms with Gasteiger partial charge in [-0.15, -0.1) is 0 Å². The number of hydrogen-bond donors (Lipinski definition) is 2. The van der Waals surface area contributed by atoms with Gasteiger partial charge in [0, 0.05) is 49.5 Å². The summed E-state index contributed by atoms with van der Waals surface area (Å²) in [6.45, 7) is 8.41. The van der Waals surface area contributed by atoms with Gasteiger partial charge in [0.25, 0.3) is 0 Å². The Labute approximate surface area is 184 Å². The Hall–Kier alpha value is -0.730. The fourth-order valence-corrected chi connectivity index (χ4v) is 10.5. The molecule has 174 valence electrons. The highest BCUT2D eigenvalue weighted by Crippen LogP contribution is 2.81. The van der Waals surface area contributed by atoms with E-state index >= 15 is 0 Å². The molecule has 0 aromatic heterocycles. The largest absolute Gasteiger partial charge is 0.460 e. The minimum Gasteiger partial charge on any atom is -0.460 e. The number of piperidine rings is 1. The Kier molecular flexibility index (Phi) is 3.93. The van der Waals surface area contributed by atoms with E-state index < -0.39 is 33.9 Å². The van der Waals surface area contributed by atoms with E-state index in [1.165, 1.54) is 0 Å². The van der Waals surface area contributed by atoms with Gasteiger partial charge in [-0.2, -0.15) is 0 Å². The van der Waals surface area contributed by atoms with Crippen LogP contribution in [-0.4, -0.2) is 83.9 Å². The SMILES string of the molecule is CCN1C[C@]2(C)CC[C@H](OC)[C@]34C1[C@@](C)([C@@H](OC)[C@H]23)[C@@]1(O)CC[C@@H]2C[C@@H]4C1(O)C(=O)O2. The second kappa shape index (κ2) is 5.84. The monoisotopic (exact) mass is 435 g/mol. The van der Waals surface area contributed by atoms with E-state index in [0.717, 1.165) is 25.9 Å². The Morgan fingerprint density at radius 3 is 2.55 bits per heavy atom. The standard InChI is InChI=1S/C24H37NO6/c1-6-25-12-20(2)9-8-15(29-4)23-14-11-13-7-10-22(27,24(14,28)19(26)31-13)21(3,18(23)25)17(30-5)16(20)23/h13-18,27-28H,6-12H2,1-5H3/t13-,14+,15+,16-,17+,18?,20+,21-,22+,23+,24?/m1/s1. The number of aliphatic hydroxyl groups is 2. The Balaban J connectivity index is 1.75. The number of rotatable bonds is 3. The zero-order chi connectivity index (χ0) is 22.2. The predicted octanol–water partition coefficient (Wildman–Crippen LogP) is 1.34. The van der Waals surface area contributed by atoms with Gasteiger partial charge in [0.15, 0.2) is 5.60 Å². The molecule has 3 saturated heterocycles. The van der Waals surface area contributed by atoms with Gasteiger partial charge in [0.1, 0.15) is 11.7 Å². The average Bonchev–Trinajstić information content (AvgIpc) is 2.76. The molecule has 2 unspecified atom stereocenters. The van der Waals surface area contributed by atoms with Gasteiger partial charge < -0.3 is 24.4 Å². The maximum atomic E-state index is 13.4. The zero-order valence-electron chi connectivity index (χ0n) is 19.4. The van der Waals surface area contributed by atoms with Gasteiger partial charge in [0.2, 0.25) is 0 Å². The molecule has 3 heterocycles. The van der Waals surface area contributed by atoms with Crippen LogP contribution in [0, 0.1) is 28.1 Å². The van der Waals surface area contributed by atoms with Crippen LogP contribution >= 0.6 is 0 Å². The molecule has 7 nitrogen and oxygen atoms in total. The van der Waals surface area contributed by atoms with Crippen molar-refractivity contribution in [2.45, 2.75) is 88.4 Å². The fraction of sp³-hybridized carbons (Fsp3) is 0.958. The van der Waals surface area contributed by atoms with Crippen molar-refractivity contribution < 1.29 is 29.2 Å². The van der Waals surface area contributed by atoms with E-state index in [4.69, 9.17) is 14.2 Å². The molecule has 7 heteroatoms. The van der Waals surface area contributed by atoms with E-state index in [-0.39, 0.29) is 35.7 Å². The van der Waals surface area contributed by atoms with E-state index in [1.807, 2.05) is 0 Å². The first kappa shape index (κ1) is 20.8. The number of carbonyl (C=O) groups excluding carboxylic acids is 1. The van der Waals surface area contributed by atoms with Gasteiger partial charge in [-0.3, -0.25) is 4.90 Å². The maximum absolute atomic E-state index is 13.4. The third-order valence-corrected chi connectivity index (χ3v) is 11.2. The van der Waals surface area contributed by atoms with Crippen molar-refractivity contribution in [3.05, 3.63) is 0 Å². The van der Waals surface area contributed by atoms with Crippen molar-refractivity contribution in [1.82, 2.24) is 4.90 Å². The van der Waals surface area contributed by atoms with Crippen molar-refractivity contribution in [2.75, 3.05) is 27.3 Å². The van der Waals surface area contributed by atoms with Crippen LogP contribution in [0.2, 0.25) is 0 Å². The third kappa shape index (κ3) is 1.79. The molecule has 9 bridgehead atoms. The summed E-state index contributed by atoms with van der Waals surface area (Å²) in [7, 11) is 3.50. The number of nitrogens with zero attached hydrogens (tertiary/aromatic N) is 1. The highest BCUT2D eigenvalue weighted by molar-refractivity contribution is 5.84. The van der Waals surface area contributed by atoms with Crippen LogP contribution in [0.1, 0.15) is 52.9 Å². The van der Waals surface area contributed by atoms with Gasteiger partial charge in [-0.1, -0.05) is 20.8 Å². The molecule has 2 N–H and O–H groups in total. The molecule has 1 spiro atoms. The summed E-state index contributed by atoms with van der Waals surface area (Å²) in [5.41, 5.74) is -4.90. The van der Waals surface area contributed by atoms with E-state index in [2.05, 4.69) is 25.7 Å². The first-order chi connectivity index (χ1) is 14.6. The van der Waals surface area contributed by atoms with Crippen molar-refractivity contribution >= 4 is 5.97 Å². The average molecular weight is 436 g/mol. The first-order valence-electron chi connectivity index (χ1n) is 12.1. The molecule has 7 aliphatic rings. The number of methoxy groups -OCH3 is 2. The van der Waals surface area contributed by atoms with Crippen molar-refractivity contribution in [3.63, 3.8) is 0 Å². The first-order valence-corrected chi connectivity index (χ1v) is 12.1. The van der Waals surface area contributed by atoms with Crippen LogP contribution in [0.25, 0.3) is 0 Å². The fourth-order valence-electron chi connectivity index (χ4n) is 10.5. The van der Waals surface area contributed by atoms with Crippen LogP contribution in [0.3, 0.4) is 0 Å². The lowest BCUT2D eigenvalue weighted by Gasteiger charge is -2.72. The minimum atomic E-state index is -1.94. The predicted molar refractivity (Wildman–Crippen MR) is 111 cm³/mol. The molecule has 0 aromatic carbocycles. The molecular formula is C24H37NO6. The van der Waals surface area contributed by atoms with Crippen LogP contribution in [0.15, 0.2) is 0 Å². The minimum absolute atomic E-state index is 0.0294. The normalized spacial score (nSPS) is 61.8. The number of ether oxygens (including phenoxy) is 3. The van der Waals surface area contributed by atoms with Gasteiger partial charge in [0.05, 0.1) is 12.2 Å². The third-order valence-electron chi connectivity index (χ3n) is 11.2. The topological polar surface area (TPSA) is 88.5 Å². The molecule has 0 amide bonds. The number of esters is 1. The lowest BCUT2D eigenvalue weighted by atomic mass is 9.39. The maximum Gasteiger partial charge on any atom is 0.341 e.